The number of hydrogen-bond donors (Lipinski definition) is 1. The molecular formula is C17H22F2O2. The van der Waals surface area contributed by atoms with Crippen LogP contribution in [0.3, 0.4) is 0 Å². The number of benzene rings is 1. The second kappa shape index (κ2) is 5.82. The maximum absolute atomic E-state index is 13.9. The largest absolute Gasteiger partial charge is 0.505 e. The Hall–Kier alpha value is -1.32. The Labute approximate surface area is 124 Å². The van der Waals surface area contributed by atoms with Gasteiger partial charge in [0.15, 0.2) is 11.5 Å². The molecule has 21 heavy (non-hydrogen) atoms. The molecule has 1 N–H and O–H groups in total. The van der Waals surface area contributed by atoms with E-state index in [1.165, 1.54) is 25.3 Å². The Morgan fingerprint density at radius 3 is 2.52 bits per heavy atom. The highest BCUT2D eigenvalue weighted by Crippen LogP contribution is 2.41. The van der Waals surface area contributed by atoms with Crippen molar-refractivity contribution in [2.45, 2.75) is 58.0 Å². The summed E-state index contributed by atoms with van der Waals surface area (Å²) in [5, 5.41) is 9.36. The number of hydrogen-bond acceptors (Lipinski definition) is 2. The fourth-order valence-electron chi connectivity index (χ4n) is 3.77. The second-order valence-corrected chi connectivity index (χ2v) is 6.40. The molecule has 116 valence electrons. The first-order valence-corrected chi connectivity index (χ1v) is 7.96. The number of ether oxygens (including phenoxy) is 1. The van der Waals surface area contributed by atoms with Crippen LogP contribution in [0.4, 0.5) is 8.78 Å². The number of aromatic hydroxyl groups is 1. The maximum atomic E-state index is 13.9. The van der Waals surface area contributed by atoms with Crippen LogP contribution >= 0.6 is 0 Å². The highest BCUT2D eigenvalue weighted by atomic mass is 19.2. The number of phenols is 1. The molecule has 0 spiro atoms. The van der Waals surface area contributed by atoms with E-state index in [0.717, 1.165) is 25.2 Å². The molecule has 1 aliphatic heterocycles. The van der Waals surface area contributed by atoms with Crippen molar-refractivity contribution in [2.75, 3.05) is 0 Å². The minimum absolute atomic E-state index is 0.0131. The van der Waals surface area contributed by atoms with Gasteiger partial charge in [0.2, 0.25) is 11.6 Å². The minimum atomic E-state index is -1.20. The van der Waals surface area contributed by atoms with Crippen molar-refractivity contribution < 1.29 is 18.6 Å². The van der Waals surface area contributed by atoms with Gasteiger partial charge in [-0.05, 0) is 43.6 Å². The van der Waals surface area contributed by atoms with Crippen LogP contribution in [0.15, 0.2) is 6.07 Å². The summed E-state index contributed by atoms with van der Waals surface area (Å²) in [4.78, 5) is 0. The summed E-state index contributed by atoms with van der Waals surface area (Å²) in [6, 6.07) is 1.29. The van der Waals surface area contributed by atoms with Gasteiger partial charge in [-0.2, -0.15) is 8.78 Å². The van der Waals surface area contributed by atoms with Crippen LogP contribution in [0.1, 0.15) is 51.0 Å². The lowest BCUT2D eigenvalue weighted by molar-refractivity contribution is 0.0714. The van der Waals surface area contributed by atoms with Crippen LogP contribution in [0.25, 0.3) is 0 Å². The van der Waals surface area contributed by atoms with Crippen molar-refractivity contribution in [3.05, 3.63) is 23.3 Å². The summed E-state index contributed by atoms with van der Waals surface area (Å²) in [6.45, 7) is 2.23. The third-order valence-corrected chi connectivity index (χ3v) is 5.18. The molecule has 2 aliphatic rings. The van der Waals surface area contributed by atoms with Gasteiger partial charge in [0.05, 0.1) is 0 Å². The smallest absolute Gasteiger partial charge is 0.204 e. The minimum Gasteiger partial charge on any atom is -0.505 e. The zero-order valence-corrected chi connectivity index (χ0v) is 12.4. The van der Waals surface area contributed by atoms with Gasteiger partial charge in [-0.3, -0.25) is 0 Å². The summed E-state index contributed by atoms with van der Waals surface area (Å²) in [6.07, 6.45) is 7.30. The molecule has 1 heterocycles. The lowest BCUT2D eigenvalue weighted by atomic mass is 9.77. The predicted octanol–water partition coefficient (Wildman–Crippen LogP) is 4.58. The van der Waals surface area contributed by atoms with Crippen LogP contribution in [0.5, 0.6) is 11.5 Å². The van der Waals surface area contributed by atoms with Crippen molar-refractivity contribution >= 4 is 0 Å². The Balaban J connectivity index is 1.74. The predicted molar refractivity (Wildman–Crippen MR) is 76.5 cm³/mol. The van der Waals surface area contributed by atoms with E-state index in [0.29, 0.717) is 17.9 Å². The van der Waals surface area contributed by atoms with E-state index in [4.69, 9.17) is 4.74 Å². The molecule has 1 atom stereocenters. The number of fused-ring (bicyclic) bond motifs is 1. The molecule has 0 aromatic heterocycles. The molecule has 1 fully saturated rings. The van der Waals surface area contributed by atoms with Crippen LogP contribution in [-0.2, 0) is 6.42 Å². The molecule has 1 aromatic rings. The molecule has 1 saturated carbocycles. The van der Waals surface area contributed by atoms with E-state index < -0.39 is 17.4 Å². The van der Waals surface area contributed by atoms with E-state index in [1.807, 2.05) is 0 Å². The van der Waals surface area contributed by atoms with Gasteiger partial charge in [0, 0.05) is 5.56 Å². The molecule has 0 radical (unpaired) electrons. The quantitative estimate of drug-likeness (QED) is 0.865. The fourth-order valence-corrected chi connectivity index (χ4v) is 3.77. The molecule has 0 bridgehead atoms. The third-order valence-electron chi connectivity index (χ3n) is 5.18. The van der Waals surface area contributed by atoms with E-state index in [1.54, 1.807) is 0 Å². The normalized spacial score (nSPS) is 28.8. The van der Waals surface area contributed by atoms with Gasteiger partial charge in [-0.25, -0.2) is 0 Å². The molecule has 4 heteroatoms. The average Bonchev–Trinajstić information content (AvgIpc) is 2.53. The van der Waals surface area contributed by atoms with Crippen LogP contribution < -0.4 is 4.74 Å². The van der Waals surface area contributed by atoms with E-state index in [-0.39, 0.29) is 11.9 Å². The highest BCUT2D eigenvalue weighted by Gasteiger charge is 2.33. The van der Waals surface area contributed by atoms with Gasteiger partial charge in [0.1, 0.15) is 6.10 Å². The molecule has 1 aromatic carbocycles. The Morgan fingerprint density at radius 1 is 1.14 bits per heavy atom. The van der Waals surface area contributed by atoms with E-state index in [2.05, 4.69) is 6.92 Å². The van der Waals surface area contributed by atoms with Crippen molar-refractivity contribution in [3.63, 3.8) is 0 Å². The standard InChI is InChI=1S/C17H22F2O2/c1-2-10-3-5-11(6-4-10)14-8-7-12-9-13(20)15(18)16(19)17(12)21-14/h9-11,14,20H,2-8H2,1H3/t10-,11-,14?. The van der Waals surface area contributed by atoms with Gasteiger partial charge < -0.3 is 9.84 Å². The summed E-state index contributed by atoms with van der Waals surface area (Å²) in [5.41, 5.74) is 0.574. The van der Waals surface area contributed by atoms with Gasteiger partial charge in [-0.15, -0.1) is 0 Å². The first kappa shape index (κ1) is 14.6. The van der Waals surface area contributed by atoms with E-state index >= 15 is 0 Å². The summed E-state index contributed by atoms with van der Waals surface area (Å²) in [7, 11) is 0. The first-order chi connectivity index (χ1) is 10.1. The Bertz CT molecular complexity index is 522. The lowest BCUT2D eigenvalue weighted by Gasteiger charge is -2.36. The number of halogens is 2. The molecular weight excluding hydrogens is 274 g/mol. The zero-order chi connectivity index (χ0) is 15.0. The van der Waals surface area contributed by atoms with Crippen LogP contribution in [-0.4, -0.2) is 11.2 Å². The fraction of sp³-hybridized carbons (Fsp3) is 0.647. The topological polar surface area (TPSA) is 29.5 Å². The summed E-state index contributed by atoms with van der Waals surface area (Å²) < 4.78 is 33.2. The summed E-state index contributed by atoms with van der Waals surface area (Å²) in [5.74, 6) is -1.61. The molecule has 0 amide bonds. The first-order valence-electron chi connectivity index (χ1n) is 7.96. The van der Waals surface area contributed by atoms with Gasteiger partial charge in [-0.1, -0.05) is 26.2 Å². The monoisotopic (exact) mass is 296 g/mol. The maximum Gasteiger partial charge on any atom is 0.204 e. The van der Waals surface area contributed by atoms with Crippen LogP contribution in [0, 0.1) is 23.5 Å². The molecule has 1 aliphatic carbocycles. The van der Waals surface area contributed by atoms with Crippen molar-refractivity contribution in [3.8, 4) is 11.5 Å². The van der Waals surface area contributed by atoms with Crippen molar-refractivity contribution in [1.82, 2.24) is 0 Å². The third kappa shape index (κ3) is 2.72. The van der Waals surface area contributed by atoms with E-state index in [9.17, 15) is 13.9 Å². The zero-order valence-electron chi connectivity index (χ0n) is 12.4. The summed E-state index contributed by atoms with van der Waals surface area (Å²) >= 11 is 0. The lowest BCUT2D eigenvalue weighted by Crippen LogP contribution is -2.34. The van der Waals surface area contributed by atoms with Crippen LogP contribution in [0.2, 0.25) is 0 Å². The molecule has 3 rings (SSSR count). The van der Waals surface area contributed by atoms with Gasteiger partial charge in [0.25, 0.3) is 0 Å². The molecule has 2 nitrogen and oxygen atoms in total. The number of rotatable bonds is 2. The van der Waals surface area contributed by atoms with Gasteiger partial charge >= 0.3 is 0 Å². The Morgan fingerprint density at radius 2 is 1.86 bits per heavy atom. The second-order valence-electron chi connectivity index (χ2n) is 6.40. The van der Waals surface area contributed by atoms with Crippen molar-refractivity contribution in [1.29, 1.82) is 0 Å². The number of aryl methyl sites for hydroxylation is 1. The SMILES string of the molecule is CC[C@H]1CC[C@H](C2CCc3cc(O)c(F)c(F)c3O2)CC1. The Kier molecular flexibility index (Phi) is 4.05. The highest BCUT2D eigenvalue weighted by molar-refractivity contribution is 5.43. The molecule has 1 unspecified atom stereocenters. The van der Waals surface area contributed by atoms with Crippen molar-refractivity contribution in [2.24, 2.45) is 11.8 Å². The average molecular weight is 296 g/mol. The molecule has 0 saturated heterocycles. The number of phenolic OH excluding ortho intramolecular Hbond substituents is 1.